The molecule has 1 saturated heterocycles. The first-order valence-electron chi connectivity index (χ1n) is 9.98. The van der Waals surface area contributed by atoms with Gasteiger partial charge in [0.15, 0.2) is 11.4 Å². The van der Waals surface area contributed by atoms with Crippen molar-refractivity contribution in [1.29, 1.82) is 0 Å². The standard InChI is InChI=1S/C20H21ClFN5O4/c1-2-25-15-5-3-4-6-26(15)27-10-12(17(28)18(29)16(27)20(25)31)19(30)24-9-14-13(22)7-11(21)8-23-14/h7-8,10,15,29H,2-6,9H2,1H3,(H,24,30)/t15-/m0/s1. The Labute approximate surface area is 182 Å². The van der Waals surface area contributed by atoms with Crippen molar-refractivity contribution in [3.63, 3.8) is 0 Å². The quantitative estimate of drug-likeness (QED) is 0.734. The van der Waals surface area contributed by atoms with E-state index >= 15 is 0 Å². The van der Waals surface area contributed by atoms with Crippen LogP contribution in [0.4, 0.5) is 4.39 Å². The van der Waals surface area contributed by atoms with Crippen LogP contribution in [-0.4, -0.2) is 50.7 Å². The maximum Gasteiger partial charge on any atom is 0.278 e. The summed E-state index contributed by atoms with van der Waals surface area (Å²) in [4.78, 5) is 43.8. The lowest BCUT2D eigenvalue weighted by Crippen LogP contribution is -2.63. The Morgan fingerprint density at radius 1 is 1.39 bits per heavy atom. The minimum absolute atomic E-state index is 0.0510. The van der Waals surface area contributed by atoms with E-state index in [-0.39, 0.29) is 34.7 Å². The topological polar surface area (TPSA) is 108 Å². The largest absolute Gasteiger partial charge is 0.502 e. The zero-order chi connectivity index (χ0) is 22.3. The van der Waals surface area contributed by atoms with Gasteiger partial charge in [-0.3, -0.25) is 29.1 Å². The number of nitrogens with one attached hydrogen (secondary N) is 1. The summed E-state index contributed by atoms with van der Waals surface area (Å²) in [6, 6.07) is 1.07. The molecule has 11 heteroatoms. The SMILES string of the molecule is CCN1C(=O)c2c(O)c(=O)c(C(=O)NCc3ncc(Cl)cc3F)cn2N2CCCC[C@@H]12. The highest BCUT2D eigenvalue weighted by Crippen LogP contribution is 2.29. The Hall–Kier alpha value is -3.14. The molecule has 2 aliphatic rings. The van der Waals surface area contributed by atoms with Crippen molar-refractivity contribution in [2.24, 2.45) is 0 Å². The van der Waals surface area contributed by atoms with E-state index < -0.39 is 28.8 Å². The van der Waals surface area contributed by atoms with Crippen LogP contribution in [0.1, 0.15) is 52.7 Å². The van der Waals surface area contributed by atoms with Crippen LogP contribution in [0.2, 0.25) is 5.02 Å². The van der Waals surface area contributed by atoms with Gasteiger partial charge in [-0.15, -0.1) is 0 Å². The summed E-state index contributed by atoms with van der Waals surface area (Å²) in [6.45, 7) is 2.58. The van der Waals surface area contributed by atoms with Gasteiger partial charge in [0, 0.05) is 25.5 Å². The number of aromatic nitrogens is 2. The van der Waals surface area contributed by atoms with Crippen molar-refractivity contribution >= 4 is 23.4 Å². The van der Waals surface area contributed by atoms with Gasteiger partial charge in [-0.25, -0.2) is 4.39 Å². The highest BCUT2D eigenvalue weighted by Gasteiger charge is 2.40. The second kappa shape index (κ2) is 8.18. The number of aromatic hydroxyl groups is 1. The summed E-state index contributed by atoms with van der Waals surface area (Å²) in [6.07, 6.45) is 4.85. The summed E-state index contributed by atoms with van der Waals surface area (Å²) in [7, 11) is 0. The molecule has 0 aromatic carbocycles. The molecular formula is C20H21ClFN5O4. The molecule has 1 atom stereocenters. The number of carbonyl (C=O) groups excluding carboxylic acids is 2. The molecular weight excluding hydrogens is 429 g/mol. The number of hydrogen-bond acceptors (Lipinski definition) is 6. The van der Waals surface area contributed by atoms with E-state index in [1.165, 1.54) is 17.1 Å². The molecule has 0 saturated carbocycles. The molecule has 2 aromatic rings. The van der Waals surface area contributed by atoms with Gasteiger partial charge in [-0.1, -0.05) is 11.6 Å². The third kappa shape index (κ3) is 3.60. The van der Waals surface area contributed by atoms with Gasteiger partial charge in [0.05, 0.1) is 17.3 Å². The van der Waals surface area contributed by atoms with Crippen molar-refractivity contribution in [1.82, 2.24) is 19.9 Å². The number of carbonyl (C=O) groups is 2. The van der Waals surface area contributed by atoms with Gasteiger partial charge in [0.2, 0.25) is 5.43 Å². The van der Waals surface area contributed by atoms with E-state index in [1.807, 2.05) is 11.9 Å². The molecule has 2 amide bonds. The lowest BCUT2D eigenvalue weighted by atomic mass is 10.1. The zero-order valence-corrected chi connectivity index (χ0v) is 17.5. The number of amides is 2. The van der Waals surface area contributed by atoms with Crippen molar-refractivity contribution in [3.8, 4) is 5.75 Å². The Morgan fingerprint density at radius 2 is 2.16 bits per heavy atom. The summed E-state index contributed by atoms with van der Waals surface area (Å²) < 4.78 is 15.3. The molecule has 0 radical (unpaired) electrons. The fraction of sp³-hybridized carbons (Fsp3) is 0.400. The smallest absolute Gasteiger partial charge is 0.278 e. The Bertz CT molecular complexity index is 1120. The van der Waals surface area contributed by atoms with Crippen molar-refractivity contribution in [2.75, 3.05) is 18.1 Å². The number of rotatable bonds is 4. The van der Waals surface area contributed by atoms with E-state index in [9.17, 15) is 23.9 Å². The van der Waals surface area contributed by atoms with E-state index in [1.54, 1.807) is 4.90 Å². The maximum absolute atomic E-state index is 13.9. The van der Waals surface area contributed by atoms with Crippen LogP contribution in [0.3, 0.4) is 0 Å². The molecule has 1 fully saturated rings. The molecule has 0 aliphatic carbocycles. The van der Waals surface area contributed by atoms with Crippen LogP contribution in [0, 0.1) is 5.82 Å². The molecule has 2 N–H and O–H groups in total. The number of nitrogens with zero attached hydrogens (tertiary/aromatic N) is 4. The van der Waals surface area contributed by atoms with E-state index in [2.05, 4.69) is 10.3 Å². The van der Waals surface area contributed by atoms with E-state index in [0.29, 0.717) is 13.1 Å². The first kappa shape index (κ1) is 21.1. The van der Waals surface area contributed by atoms with Gasteiger partial charge in [0.25, 0.3) is 11.8 Å². The molecule has 0 spiro atoms. The fourth-order valence-electron chi connectivity index (χ4n) is 4.08. The summed E-state index contributed by atoms with van der Waals surface area (Å²) in [5.74, 6) is -2.75. The number of pyridine rings is 2. The minimum atomic E-state index is -0.965. The Kier molecular flexibility index (Phi) is 5.57. The average molecular weight is 450 g/mol. The predicted octanol–water partition coefficient (Wildman–Crippen LogP) is 1.60. The van der Waals surface area contributed by atoms with Crippen molar-refractivity contribution in [2.45, 2.75) is 38.9 Å². The van der Waals surface area contributed by atoms with Crippen LogP contribution < -0.4 is 15.8 Å². The number of halogens is 2. The lowest BCUT2D eigenvalue weighted by Gasteiger charge is -2.48. The normalized spacial score (nSPS) is 17.9. The minimum Gasteiger partial charge on any atom is -0.502 e. The molecule has 164 valence electrons. The Balaban J connectivity index is 1.69. The Morgan fingerprint density at radius 3 is 2.87 bits per heavy atom. The predicted molar refractivity (Wildman–Crippen MR) is 110 cm³/mol. The maximum atomic E-state index is 13.9. The van der Waals surface area contributed by atoms with Gasteiger partial charge in [-0.2, -0.15) is 0 Å². The monoisotopic (exact) mass is 449 g/mol. The number of fused-ring (bicyclic) bond motifs is 3. The number of piperidine rings is 1. The molecule has 2 aromatic heterocycles. The highest BCUT2D eigenvalue weighted by atomic mass is 35.5. The van der Waals surface area contributed by atoms with Crippen molar-refractivity contribution in [3.05, 3.63) is 56.5 Å². The summed E-state index contributed by atoms with van der Waals surface area (Å²) in [5.41, 5.74) is -1.53. The fourth-order valence-corrected chi connectivity index (χ4v) is 4.22. The van der Waals surface area contributed by atoms with Crippen LogP contribution >= 0.6 is 11.6 Å². The first-order chi connectivity index (χ1) is 14.8. The molecule has 2 aliphatic heterocycles. The van der Waals surface area contributed by atoms with Crippen LogP contribution in [0.5, 0.6) is 5.75 Å². The third-order valence-corrected chi connectivity index (χ3v) is 5.80. The summed E-state index contributed by atoms with van der Waals surface area (Å²) >= 11 is 5.67. The molecule has 4 rings (SSSR count). The lowest BCUT2D eigenvalue weighted by molar-refractivity contribution is 0.0534. The molecule has 0 bridgehead atoms. The van der Waals surface area contributed by atoms with E-state index in [4.69, 9.17) is 11.6 Å². The van der Waals surface area contributed by atoms with Gasteiger partial charge in [-0.05, 0) is 32.3 Å². The highest BCUT2D eigenvalue weighted by molar-refractivity contribution is 6.30. The summed E-state index contributed by atoms with van der Waals surface area (Å²) in [5, 5.41) is 15.0. The second-order valence-corrected chi connectivity index (χ2v) is 7.85. The molecule has 31 heavy (non-hydrogen) atoms. The van der Waals surface area contributed by atoms with Gasteiger partial charge in [0.1, 0.15) is 17.5 Å². The van der Waals surface area contributed by atoms with Crippen LogP contribution in [0.15, 0.2) is 23.3 Å². The second-order valence-electron chi connectivity index (χ2n) is 7.41. The van der Waals surface area contributed by atoms with Crippen molar-refractivity contribution < 1.29 is 19.1 Å². The van der Waals surface area contributed by atoms with Gasteiger partial charge < -0.3 is 15.3 Å². The molecule has 4 heterocycles. The van der Waals surface area contributed by atoms with E-state index in [0.717, 1.165) is 25.3 Å². The molecule has 0 unspecified atom stereocenters. The first-order valence-corrected chi connectivity index (χ1v) is 10.4. The van der Waals surface area contributed by atoms with Gasteiger partial charge >= 0.3 is 0 Å². The molecule has 9 nitrogen and oxygen atoms in total. The van der Waals surface area contributed by atoms with Crippen LogP contribution in [0.25, 0.3) is 0 Å². The average Bonchev–Trinajstić information content (AvgIpc) is 2.75. The number of hydrogen-bond donors (Lipinski definition) is 2. The zero-order valence-electron chi connectivity index (χ0n) is 16.8. The van der Waals surface area contributed by atoms with Crippen LogP contribution in [-0.2, 0) is 6.54 Å². The third-order valence-electron chi connectivity index (χ3n) is 5.59.